The second-order valence-corrected chi connectivity index (χ2v) is 7.47. The molecular formula is C21H31Cl2N5O2. The van der Waals surface area contributed by atoms with Crippen molar-refractivity contribution in [1.29, 1.82) is 0 Å². The molecule has 0 aliphatic heterocycles. The number of carbonyl (C=O) groups excluding carboxylic acids is 1. The highest BCUT2D eigenvalue weighted by molar-refractivity contribution is 5.85. The zero-order chi connectivity index (χ0) is 20.1. The molecule has 0 saturated heterocycles. The third-order valence-electron chi connectivity index (χ3n) is 5.77. The van der Waals surface area contributed by atoms with E-state index in [1.54, 1.807) is 12.4 Å². The van der Waals surface area contributed by atoms with Crippen LogP contribution in [0.1, 0.15) is 38.2 Å². The molecule has 1 fully saturated rings. The van der Waals surface area contributed by atoms with Gasteiger partial charge in [0.15, 0.2) is 0 Å². The van der Waals surface area contributed by atoms with Crippen molar-refractivity contribution in [3.8, 4) is 16.9 Å². The van der Waals surface area contributed by atoms with Crippen LogP contribution in [0.25, 0.3) is 11.1 Å². The Hall–Kier alpha value is -2.09. The van der Waals surface area contributed by atoms with Crippen LogP contribution >= 0.6 is 24.8 Å². The SMILES string of the molecule is CCOc1ccc(-c2cnc(N)nc2)cc1CC1(C(N)=O)CCC(NC)CC1.Cl.Cl. The van der Waals surface area contributed by atoms with Gasteiger partial charge in [-0.15, -0.1) is 24.8 Å². The van der Waals surface area contributed by atoms with Gasteiger partial charge in [0.25, 0.3) is 0 Å². The Bertz CT molecular complexity index is 825. The number of amides is 1. The molecule has 0 bridgehead atoms. The van der Waals surface area contributed by atoms with E-state index in [1.165, 1.54) is 0 Å². The normalized spacial score (nSPS) is 20.5. The highest BCUT2D eigenvalue weighted by Crippen LogP contribution is 2.41. The molecule has 1 aliphatic carbocycles. The van der Waals surface area contributed by atoms with E-state index in [0.29, 0.717) is 19.1 Å². The summed E-state index contributed by atoms with van der Waals surface area (Å²) >= 11 is 0. The fraction of sp³-hybridized carbons (Fsp3) is 0.476. The van der Waals surface area contributed by atoms with Gasteiger partial charge < -0.3 is 21.5 Å². The van der Waals surface area contributed by atoms with Gasteiger partial charge in [-0.3, -0.25) is 4.79 Å². The van der Waals surface area contributed by atoms with Gasteiger partial charge in [0.2, 0.25) is 11.9 Å². The van der Waals surface area contributed by atoms with E-state index in [2.05, 4.69) is 21.4 Å². The monoisotopic (exact) mass is 455 g/mol. The first-order valence-corrected chi connectivity index (χ1v) is 9.78. The molecule has 3 rings (SSSR count). The van der Waals surface area contributed by atoms with Gasteiger partial charge >= 0.3 is 0 Å². The average molecular weight is 456 g/mol. The minimum Gasteiger partial charge on any atom is -0.494 e. The summed E-state index contributed by atoms with van der Waals surface area (Å²) in [5.74, 6) is 0.800. The molecule has 7 nitrogen and oxygen atoms in total. The van der Waals surface area contributed by atoms with Crippen LogP contribution in [-0.4, -0.2) is 35.6 Å². The third kappa shape index (κ3) is 5.74. The molecule has 30 heavy (non-hydrogen) atoms. The van der Waals surface area contributed by atoms with Crippen LogP contribution in [-0.2, 0) is 11.2 Å². The van der Waals surface area contributed by atoms with Crippen molar-refractivity contribution < 1.29 is 9.53 Å². The van der Waals surface area contributed by atoms with Crippen molar-refractivity contribution in [1.82, 2.24) is 15.3 Å². The number of halogens is 2. The lowest BCUT2D eigenvalue weighted by Gasteiger charge is -2.38. The summed E-state index contributed by atoms with van der Waals surface area (Å²) in [5, 5.41) is 3.31. The van der Waals surface area contributed by atoms with Gasteiger partial charge in [-0.2, -0.15) is 0 Å². The number of hydrogen-bond donors (Lipinski definition) is 3. The van der Waals surface area contributed by atoms with Crippen molar-refractivity contribution in [3.05, 3.63) is 36.2 Å². The van der Waals surface area contributed by atoms with Crippen molar-refractivity contribution in [2.75, 3.05) is 19.4 Å². The van der Waals surface area contributed by atoms with Gasteiger partial charge in [0.1, 0.15) is 5.75 Å². The molecule has 1 aliphatic rings. The third-order valence-corrected chi connectivity index (χ3v) is 5.77. The minimum absolute atomic E-state index is 0. The number of nitrogens with zero attached hydrogens (tertiary/aromatic N) is 2. The summed E-state index contributed by atoms with van der Waals surface area (Å²) in [5.41, 5.74) is 13.8. The Balaban J connectivity index is 0.00000225. The number of nitrogen functional groups attached to an aromatic ring is 1. The fourth-order valence-corrected chi connectivity index (χ4v) is 4.01. The number of aromatic nitrogens is 2. The Morgan fingerprint density at radius 3 is 2.37 bits per heavy atom. The number of carbonyl (C=O) groups is 1. The number of anilines is 1. The molecule has 0 atom stereocenters. The average Bonchev–Trinajstić information content (AvgIpc) is 2.70. The van der Waals surface area contributed by atoms with Crippen LogP contribution in [0.3, 0.4) is 0 Å². The molecule has 2 aromatic rings. The molecular weight excluding hydrogens is 425 g/mol. The molecule has 1 heterocycles. The largest absolute Gasteiger partial charge is 0.494 e. The van der Waals surface area contributed by atoms with Crippen LogP contribution < -0.4 is 21.5 Å². The van der Waals surface area contributed by atoms with E-state index in [0.717, 1.165) is 48.1 Å². The molecule has 1 aromatic carbocycles. The molecule has 0 radical (unpaired) electrons. The quantitative estimate of drug-likeness (QED) is 0.590. The summed E-state index contributed by atoms with van der Waals surface area (Å²) in [6.07, 6.45) is 7.39. The Kier molecular flexibility index (Phi) is 9.81. The van der Waals surface area contributed by atoms with Crippen LogP contribution in [0, 0.1) is 5.41 Å². The molecule has 9 heteroatoms. The zero-order valence-electron chi connectivity index (χ0n) is 17.4. The van der Waals surface area contributed by atoms with Crippen molar-refractivity contribution >= 4 is 36.7 Å². The van der Waals surface area contributed by atoms with Gasteiger partial charge in [0, 0.05) is 24.0 Å². The summed E-state index contributed by atoms with van der Waals surface area (Å²) < 4.78 is 5.84. The van der Waals surface area contributed by atoms with E-state index < -0.39 is 5.41 Å². The van der Waals surface area contributed by atoms with E-state index in [-0.39, 0.29) is 36.7 Å². The van der Waals surface area contributed by atoms with E-state index >= 15 is 0 Å². The predicted octanol–water partition coefficient (Wildman–Crippen LogP) is 3.14. The Morgan fingerprint density at radius 1 is 1.20 bits per heavy atom. The molecule has 166 valence electrons. The number of nitrogens with one attached hydrogen (secondary N) is 1. The molecule has 5 N–H and O–H groups in total. The second-order valence-electron chi connectivity index (χ2n) is 7.47. The van der Waals surface area contributed by atoms with Gasteiger partial charge in [-0.05, 0) is 69.3 Å². The van der Waals surface area contributed by atoms with Crippen LogP contribution in [0.15, 0.2) is 30.6 Å². The Morgan fingerprint density at radius 2 is 1.83 bits per heavy atom. The molecule has 0 spiro atoms. The van der Waals surface area contributed by atoms with Crippen LogP contribution in [0.4, 0.5) is 5.95 Å². The second kappa shape index (κ2) is 11.3. The summed E-state index contributed by atoms with van der Waals surface area (Å²) in [7, 11) is 1.97. The van der Waals surface area contributed by atoms with E-state index in [1.807, 2.05) is 26.1 Å². The van der Waals surface area contributed by atoms with E-state index in [4.69, 9.17) is 16.2 Å². The number of ether oxygens (including phenoxy) is 1. The predicted molar refractivity (Wildman–Crippen MR) is 124 cm³/mol. The lowest BCUT2D eigenvalue weighted by molar-refractivity contribution is -0.129. The van der Waals surface area contributed by atoms with Crippen LogP contribution in [0.2, 0.25) is 0 Å². The fourth-order valence-electron chi connectivity index (χ4n) is 4.01. The van der Waals surface area contributed by atoms with Gasteiger partial charge in [-0.25, -0.2) is 9.97 Å². The number of rotatable bonds is 7. The maximum absolute atomic E-state index is 12.5. The highest BCUT2D eigenvalue weighted by atomic mass is 35.5. The maximum atomic E-state index is 12.5. The van der Waals surface area contributed by atoms with Crippen molar-refractivity contribution in [3.63, 3.8) is 0 Å². The molecule has 1 saturated carbocycles. The lowest BCUT2D eigenvalue weighted by Crippen LogP contribution is -2.45. The first-order chi connectivity index (χ1) is 13.5. The summed E-state index contributed by atoms with van der Waals surface area (Å²) in [6, 6.07) is 6.41. The smallest absolute Gasteiger partial charge is 0.223 e. The lowest BCUT2D eigenvalue weighted by atomic mass is 9.68. The molecule has 0 unspecified atom stereocenters. The highest BCUT2D eigenvalue weighted by Gasteiger charge is 2.40. The Labute approximate surface area is 190 Å². The maximum Gasteiger partial charge on any atom is 0.223 e. The van der Waals surface area contributed by atoms with Gasteiger partial charge in [0.05, 0.1) is 12.0 Å². The summed E-state index contributed by atoms with van der Waals surface area (Å²) in [4.78, 5) is 20.6. The van der Waals surface area contributed by atoms with Gasteiger partial charge in [-0.1, -0.05) is 6.07 Å². The standard InChI is InChI=1S/C21H29N5O2.2ClH/c1-3-28-18-5-4-14(16-12-25-20(23)26-13-16)10-15(18)11-21(19(22)27)8-6-17(24-2)7-9-21;;/h4-5,10,12-13,17,24H,3,6-9,11H2,1-2H3,(H2,22,27)(H2,23,25,26);2*1H. The molecule has 1 aromatic heterocycles. The number of benzene rings is 1. The summed E-state index contributed by atoms with van der Waals surface area (Å²) in [6.45, 7) is 2.51. The minimum atomic E-state index is -0.546. The number of primary amides is 1. The van der Waals surface area contributed by atoms with E-state index in [9.17, 15) is 4.79 Å². The number of nitrogens with two attached hydrogens (primary N) is 2. The van der Waals surface area contributed by atoms with Crippen molar-refractivity contribution in [2.45, 2.75) is 45.1 Å². The topological polar surface area (TPSA) is 116 Å². The molecule has 1 amide bonds. The van der Waals surface area contributed by atoms with Crippen molar-refractivity contribution in [2.24, 2.45) is 11.1 Å². The van der Waals surface area contributed by atoms with Crippen LogP contribution in [0.5, 0.6) is 5.75 Å². The first kappa shape index (κ1) is 25.9. The number of hydrogen-bond acceptors (Lipinski definition) is 6. The zero-order valence-corrected chi connectivity index (χ0v) is 19.0. The first-order valence-electron chi connectivity index (χ1n) is 9.78.